The van der Waals surface area contributed by atoms with E-state index >= 15 is 0 Å². The average molecular weight is 202 g/mol. The molecule has 0 bridgehead atoms. The average Bonchev–Trinajstić information content (AvgIpc) is 2.28. The van der Waals surface area contributed by atoms with Crippen LogP contribution < -0.4 is 8.25 Å². The molecular weight excluding hydrogens is 196 g/mol. The molecule has 0 amide bonds. The van der Waals surface area contributed by atoms with Crippen LogP contribution in [0.25, 0.3) is 0 Å². The lowest BCUT2D eigenvalue weighted by molar-refractivity contribution is 1.25. The molecule has 2 nitrogen and oxygen atoms in total. The van der Waals surface area contributed by atoms with Crippen LogP contribution in [0.3, 0.4) is 0 Å². The summed E-state index contributed by atoms with van der Waals surface area (Å²) in [7, 11) is 0. The fourth-order valence-corrected chi connectivity index (χ4v) is 3.14. The predicted molar refractivity (Wildman–Crippen MR) is 52.0 cm³/mol. The molecule has 1 heterocycles. The van der Waals surface area contributed by atoms with Gasteiger partial charge in [-0.25, -0.2) is 0 Å². The maximum absolute atomic E-state index is 3.10. The smallest absolute Gasteiger partial charge is 0.0386 e. The molecular formula is C6H6N2S3. The van der Waals surface area contributed by atoms with Crippen LogP contribution in [0.15, 0.2) is 34.1 Å². The summed E-state index contributed by atoms with van der Waals surface area (Å²) in [6.45, 7) is 0. The fourth-order valence-electron chi connectivity index (χ4n) is 0.767. The van der Waals surface area contributed by atoms with Crippen LogP contribution in [0, 0.1) is 0 Å². The van der Waals surface area contributed by atoms with Crippen molar-refractivity contribution in [2.45, 2.75) is 9.79 Å². The van der Waals surface area contributed by atoms with Gasteiger partial charge in [0.15, 0.2) is 0 Å². The highest BCUT2D eigenvalue weighted by Gasteiger charge is 2.06. The summed E-state index contributed by atoms with van der Waals surface area (Å²) in [5.74, 6) is 0. The van der Waals surface area contributed by atoms with Gasteiger partial charge < -0.3 is 0 Å². The van der Waals surface area contributed by atoms with Gasteiger partial charge in [0, 0.05) is 21.9 Å². The van der Waals surface area contributed by atoms with Gasteiger partial charge in [-0.3, -0.25) is 0 Å². The van der Waals surface area contributed by atoms with Crippen LogP contribution in [-0.2, 0) is 0 Å². The van der Waals surface area contributed by atoms with Gasteiger partial charge in [-0.15, -0.1) is 0 Å². The minimum atomic E-state index is 1.27. The number of benzene rings is 1. The van der Waals surface area contributed by atoms with Gasteiger partial charge in [0.05, 0.1) is 0 Å². The molecule has 1 aliphatic heterocycles. The Bertz CT molecular complexity index is 228. The molecule has 0 saturated carbocycles. The second-order valence-electron chi connectivity index (χ2n) is 1.92. The molecule has 0 saturated heterocycles. The number of hydrogen-bond acceptors (Lipinski definition) is 5. The molecule has 0 spiro atoms. The maximum Gasteiger partial charge on any atom is 0.0386 e. The summed E-state index contributed by atoms with van der Waals surface area (Å²) in [5, 5.41) is 0. The third-order valence-corrected chi connectivity index (χ3v) is 3.85. The van der Waals surface area contributed by atoms with Gasteiger partial charge in [-0.05, 0) is 36.0 Å². The summed E-state index contributed by atoms with van der Waals surface area (Å²) in [6, 6.07) is 8.30. The highest BCUT2D eigenvalue weighted by Crippen LogP contribution is 2.32. The van der Waals surface area contributed by atoms with E-state index in [2.05, 4.69) is 20.4 Å². The van der Waals surface area contributed by atoms with Gasteiger partial charge in [0.2, 0.25) is 0 Å². The van der Waals surface area contributed by atoms with E-state index in [1.807, 2.05) is 12.1 Å². The number of nitrogens with one attached hydrogen (secondary N) is 2. The highest BCUT2D eigenvalue weighted by molar-refractivity contribution is 8.19. The van der Waals surface area contributed by atoms with E-state index in [0.29, 0.717) is 0 Å². The molecule has 0 aromatic heterocycles. The van der Waals surface area contributed by atoms with Crippen LogP contribution in [0.2, 0.25) is 0 Å². The maximum atomic E-state index is 3.10. The van der Waals surface area contributed by atoms with Crippen molar-refractivity contribution in [1.82, 2.24) is 8.25 Å². The van der Waals surface area contributed by atoms with E-state index in [-0.39, 0.29) is 0 Å². The van der Waals surface area contributed by atoms with Crippen LogP contribution in [-0.4, -0.2) is 0 Å². The second kappa shape index (κ2) is 3.73. The van der Waals surface area contributed by atoms with Crippen molar-refractivity contribution in [1.29, 1.82) is 0 Å². The molecule has 5 heteroatoms. The van der Waals surface area contributed by atoms with Gasteiger partial charge in [0.25, 0.3) is 0 Å². The first-order valence-corrected chi connectivity index (χ1v) is 5.50. The molecule has 2 rings (SSSR count). The standard InChI is InChI=1S/C6H6N2S3/c1-2-4-6-5(3-1)9-7-11-8-10-6/h1-4,7-8H. The lowest BCUT2D eigenvalue weighted by Crippen LogP contribution is -1.94. The molecule has 1 aliphatic rings. The summed E-state index contributed by atoms with van der Waals surface area (Å²) < 4.78 is 6.21. The molecule has 2 N–H and O–H groups in total. The molecule has 58 valence electrons. The summed E-state index contributed by atoms with van der Waals surface area (Å²) >= 11 is 4.78. The number of hydrogen-bond donors (Lipinski definition) is 2. The van der Waals surface area contributed by atoms with Gasteiger partial charge in [0.1, 0.15) is 0 Å². The predicted octanol–water partition coefficient (Wildman–Crippen LogP) is 2.46. The SMILES string of the molecule is c1ccc2c(c1)SNSNS2. The molecule has 0 radical (unpaired) electrons. The van der Waals surface area contributed by atoms with E-state index in [1.165, 1.54) is 21.9 Å². The Hall–Kier alpha value is 0.190. The Balaban J connectivity index is 2.33. The Morgan fingerprint density at radius 2 is 1.45 bits per heavy atom. The van der Waals surface area contributed by atoms with Crippen molar-refractivity contribution in [3.05, 3.63) is 24.3 Å². The zero-order valence-corrected chi connectivity index (χ0v) is 7.98. The lowest BCUT2D eigenvalue weighted by atomic mass is 10.4. The summed E-state index contributed by atoms with van der Waals surface area (Å²) in [5.41, 5.74) is 0. The topological polar surface area (TPSA) is 24.1 Å². The largest absolute Gasteiger partial charge is 0.189 e. The molecule has 0 atom stereocenters. The third-order valence-electron chi connectivity index (χ3n) is 1.24. The number of fused-ring (bicyclic) bond motifs is 1. The zero-order chi connectivity index (χ0) is 7.52. The van der Waals surface area contributed by atoms with Crippen LogP contribution >= 0.6 is 36.0 Å². The van der Waals surface area contributed by atoms with Crippen molar-refractivity contribution in [3.63, 3.8) is 0 Å². The van der Waals surface area contributed by atoms with E-state index in [9.17, 15) is 0 Å². The Morgan fingerprint density at radius 3 is 2.00 bits per heavy atom. The summed E-state index contributed by atoms with van der Waals surface area (Å²) in [4.78, 5) is 2.55. The highest BCUT2D eigenvalue weighted by atomic mass is 32.3. The van der Waals surface area contributed by atoms with Gasteiger partial charge in [-0.2, -0.15) is 8.25 Å². The van der Waals surface area contributed by atoms with Crippen molar-refractivity contribution >= 4 is 36.0 Å². The van der Waals surface area contributed by atoms with Crippen molar-refractivity contribution in [2.24, 2.45) is 0 Å². The third kappa shape index (κ3) is 1.86. The van der Waals surface area contributed by atoms with Gasteiger partial charge >= 0.3 is 0 Å². The first-order valence-electron chi connectivity index (χ1n) is 3.05. The second-order valence-corrected chi connectivity index (χ2v) is 4.74. The van der Waals surface area contributed by atoms with Crippen LogP contribution in [0.4, 0.5) is 0 Å². The molecule has 0 unspecified atom stereocenters. The molecule has 1 aromatic carbocycles. The lowest BCUT2D eigenvalue weighted by Gasteiger charge is -1.99. The molecule has 0 aliphatic carbocycles. The van der Waals surface area contributed by atoms with Crippen molar-refractivity contribution in [2.75, 3.05) is 0 Å². The zero-order valence-electron chi connectivity index (χ0n) is 5.53. The minimum absolute atomic E-state index is 1.27. The van der Waals surface area contributed by atoms with Crippen LogP contribution in [0.1, 0.15) is 0 Å². The normalized spacial score (nSPS) is 17.1. The monoisotopic (exact) mass is 202 g/mol. The first kappa shape index (κ1) is 7.82. The molecule has 1 aromatic rings. The van der Waals surface area contributed by atoms with E-state index in [1.54, 1.807) is 23.9 Å². The number of rotatable bonds is 0. The molecule has 0 fully saturated rings. The molecule has 11 heavy (non-hydrogen) atoms. The Labute approximate surface area is 78.4 Å². The first-order chi connectivity index (χ1) is 5.47. The quantitative estimate of drug-likeness (QED) is 0.629. The van der Waals surface area contributed by atoms with Crippen molar-refractivity contribution in [3.8, 4) is 0 Å². The van der Waals surface area contributed by atoms with E-state index in [4.69, 9.17) is 0 Å². The van der Waals surface area contributed by atoms with E-state index in [0.717, 1.165) is 0 Å². The summed E-state index contributed by atoms with van der Waals surface area (Å²) in [6.07, 6.45) is 0. The van der Waals surface area contributed by atoms with Crippen LogP contribution in [0.5, 0.6) is 0 Å². The van der Waals surface area contributed by atoms with Crippen molar-refractivity contribution < 1.29 is 0 Å². The minimum Gasteiger partial charge on any atom is -0.189 e. The van der Waals surface area contributed by atoms with Gasteiger partial charge in [-0.1, -0.05) is 12.1 Å². The Morgan fingerprint density at radius 1 is 0.909 bits per heavy atom. The fraction of sp³-hybridized carbons (Fsp3) is 0. The Kier molecular flexibility index (Phi) is 2.65. The van der Waals surface area contributed by atoms with E-state index < -0.39 is 0 Å².